The molecule has 0 radical (unpaired) electrons. The second-order valence-electron chi connectivity index (χ2n) is 6.42. The number of hydrogen-bond acceptors (Lipinski definition) is 8. The van der Waals surface area contributed by atoms with Crippen LogP contribution in [-0.2, 0) is 4.79 Å². The Balaban J connectivity index is 1.29. The minimum Gasteiger partial charge on any atom is -0.492 e. The highest BCUT2D eigenvalue weighted by molar-refractivity contribution is 5.93. The molecule has 0 spiro atoms. The summed E-state index contributed by atoms with van der Waals surface area (Å²) in [5.74, 6) is 1.67. The number of rotatable bonds is 7. The Labute approximate surface area is 161 Å². The van der Waals surface area contributed by atoms with Crippen LogP contribution in [0.1, 0.15) is 18.7 Å². The van der Waals surface area contributed by atoms with Gasteiger partial charge in [0.05, 0.1) is 31.0 Å². The van der Waals surface area contributed by atoms with Gasteiger partial charge in [0.25, 0.3) is 0 Å². The number of amides is 1. The molecule has 144 valence electrons. The van der Waals surface area contributed by atoms with E-state index >= 15 is 0 Å². The molecule has 0 bridgehead atoms. The predicted octanol–water partition coefficient (Wildman–Crippen LogP) is 1.96. The van der Waals surface area contributed by atoms with E-state index in [1.807, 2.05) is 36.1 Å². The minimum atomic E-state index is -0.0867. The number of para-hydroxylation sites is 2. The highest BCUT2D eigenvalue weighted by atomic mass is 16.5. The number of anilines is 1. The van der Waals surface area contributed by atoms with E-state index < -0.39 is 0 Å². The Morgan fingerprint density at radius 2 is 2.18 bits per heavy atom. The molecule has 1 aliphatic heterocycles. The summed E-state index contributed by atoms with van der Waals surface area (Å²) < 4.78 is 10.9. The molecule has 1 N–H and O–H groups in total. The molecule has 0 aliphatic carbocycles. The van der Waals surface area contributed by atoms with Crippen molar-refractivity contribution in [2.24, 2.45) is 0 Å². The average molecular weight is 380 g/mol. The van der Waals surface area contributed by atoms with Gasteiger partial charge in [0.1, 0.15) is 11.4 Å². The fourth-order valence-corrected chi connectivity index (χ4v) is 3.02. The summed E-state index contributed by atoms with van der Waals surface area (Å²) in [6.07, 6.45) is 4.76. The van der Waals surface area contributed by atoms with E-state index in [1.54, 1.807) is 18.6 Å². The van der Waals surface area contributed by atoms with Crippen LogP contribution in [0.25, 0.3) is 11.5 Å². The largest absolute Gasteiger partial charge is 0.492 e. The molecule has 1 aromatic carbocycles. The lowest BCUT2D eigenvalue weighted by molar-refractivity contribution is -0.118. The Morgan fingerprint density at radius 3 is 2.96 bits per heavy atom. The molecule has 9 nitrogen and oxygen atoms in total. The van der Waals surface area contributed by atoms with Gasteiger partial charge in [-0.1, -0.05) is 17.3 Å². The van der Waals surface area contributed by atoms with Crippen LogP contribution in [0.5, 0.6) is 5.75 Å². The van der Waals surface area contributed by atoms with Gasteiger partial charge in [-0.3, -0.25) is 14.7 Å². The number of aromatic nitrogens is 4. The third-order valence-corrected chi connectivity index (χ3v) is 4.37. The number of nitrogens with zero attached hydrogens (tertiary/aromatic N) is 5. The molecule has 28 heavy (non-hydrogen) atoms. The molecule has 1 saturated heterocycles. The Kier molecular flexibility index (Phi) is 5.24. The highest BCUT2D eigenvalue weighted by Crippen LogP contribution is 2.27. The monoisotopic (exact) mass is 380 g/mol. The molecular formula is C19H20N6O3. The summed E-state index contributed by atoms with van der Waals surface area (Å²) in [6, 6.07) is 7.40. The van der Waals surface area contributed by atoms with Crippen molar-refractivity contribution >= 4 is 11.6 Å². The van der Waals surface area contributed by atoms with Crippen molar-refractivity contribution in [3.05, 3.63) is 48.7 Å². The maximum Gasteiger partial charge on any atom is 0.238 e. The second kappa shape index (κ2) is 8.13. The Bertz CT molecular complexity index is 940. The van der Waals surface area contributed by atoms with Gasteiger partial charge in [-0.2, -0.15) is 4.98 Å². The first-order chi connectivity index (χ1) is 13.7. The zero-order valence-electron chi connectivity index (χ0n) is 15.4. The van der Waals surface area contributed by atoms with Gasteiger partial charge in [0.2, 0.25) is 17.6 Å². The Morgan fingerprint density at radius 1 is 1.32 bits per heavy atom. The topological polar surface area (TPSA) is 106 Å². The molecule has 1 fully saturated rings. The van der Waals surface area contributed by atoms with Crippen LogP contribution >= 0.6 is 0 Å². The lowest BCUT2D eigenvalue weighted by Crippen LogP contribution is -2.48. The molecule has 0 atom stereocenters. The first-order valence-corrected chi connectivity index (χ1v) is 9.07. The third kappa shape index (κ3) is 3.99. The van der Waals surface area contributed by atoms with Crippen LogP contribution in [0.15, 0.2) is 47.4 Å². The second-order valence-corrected chi connectivity index (χ2v) is 6.42. The standard InChI is InChI=1S/C19H20N6O3/c1-2-27-16-6-4-3-5-14(16)22-17(26)12-25-10-13(11-25)19-23-18(24-28-19)15-9-20-7-8-21-15/h3-9,13H,2,10-12H2,1H3,(H,22,26). The summed E-state index contributed by atoms with van der Waals surface area (Å²) in [7, 11) is 0. The van der Waals surface area contributed by atoms with Crippen LogP contribution in [0, 0.1) is 0 Å². The van der Waals surface area contributed by atoms with E-state index in [-0.39, 0.29) is 11.8 Å². The van der Waals surface area contributed by atoms with Gasteiger partial charge in [0.15, 0.2) is 0 Å². The van der Waals surface area contributed by atoms with E-state index in [0.717, 1.165) is 0 Å². The first kappa shape index (κ1) is 18.1. The van der Waals surface area contributed by atoms with Crippen molar-refractivity contribution < 1.29 is 14.1 Å². The quantitative estimate of drug-likeness (QED) is 0.663. The van der Waals surface area contributed by atoms with Gasteiger partial charge in [-0.25, -0.2) is 4.98 Å². The van der Waals surface area contributed by atoms with Crippen LogP contribution in [0.3, 0.4) is 0 Å². The minimum absolute atomic E-state index is 0.0867. The molecule has 0 saturated carbocycles. The predicted molar refractivity (Wildman–Crippen MR) is 101 cm³/mol. The van der Waals surface area contributed by atoms with Gasteiger partial charge in [-0.05, 0) is 19.1 Å². The van der Waals surface area contributed by atoms with Crippen LogP contribution in [0.4, 0.5) is 5.69 Å². The fraction of sp³-hybridized carbons (Fsp3) is 0.316. The van der Waals surface area contributed by atoms with Crippen LogP contribution in [-0.4, -0.2) is 57.2 Å². The van der Waals surface area contributed by atoms with Gasteiger partial charge >= 0.3 is 0 Å². The van der Waals surface area contributed by atoms with Gasteiger partial charge < -0.3 is 14.6 Å². The van der Waals surface area contributed by atoms with Crippen LogP contribution in [0.2, 0.25) is 0 Å². The van der Waals surface area contributed by atoms with Gasteiger partial charge in [-0.15, -0.1) is 0 Å². The van der Waals surface area contributed by atoms with Crippen molar-refractivity contribution in [2.45, 2.75) is 12.8 Å². The summed E-state index contributed by atoms with van der Waals surface area (Å²) in [6.45, 7) is 4.11. The Hall–Kier alpha value is -3.33. The van der Waals surface area contributed by atoms with Crippen molar-refractivity contribution in [1.29, 1.82) is 0 Å². The van der Waals surface area contributed by atoms with Crippen molar-refractivity contribution in [1.82, 2.24) is 25.0 Å². The zero-order valence-corrected chi connectivity index (χ0v) is 15.4. The van der Waals surface area contributed by atoms with E-state index in [2.05, 4.69) is 25.4 Å². The molecule has 0 unspecified atom stereocenters. The average Bonchev–Trinajstić information content (AvgIpc) is 3.16. The first-order valence-electron chi connectivity index (χ1n) is 9.07. The lowest BCUT2D eigenvalue weighted by atomic mass is 10.0. The summed E-state index contributed by atoms with van der Waals surface area (Å²) in [5.41, 5.74) is 1.25. The van der Waals surface area contributed by atoms with Crippen molar-refractivity contribution in [2.75, 3.05) is 31.6 Å². The molecular weight excluding hydrogens is 360 g/mol. The van der Waals surface area contributed by atoms with E-state index in [0.29, 0.717) is 55.1 Å². The van der Waals surface area contributed by atoms with E-state index in [4.69, 9.17) is 9.26 Å². The third-order valence-electron chi connectivity index (χ3n) is 4.37. The molecule has 1 aliphatic rings. The highest BCUT2D eigenvalue weighted by Gasteiger charge is 2.33. The smallest absolute Gasteiger partial charge is 0.238 e. The van der Waals surface area contributed by atoms with E-state index in [1.165, 1.54) is 0 Å². The SMILES string of the molecule is CCOc1ccccc1NC(=O)CN1CC(c2nc(-c3cnccn3)no2)C1. The van der Waals surface area contributed by atoms with Gasteiger partial charge in [0, 0.05) is 25.5 Å². The van der Waals surface area contributed by atoms with E-state index in [9.17, 15) is 4.79 Å². The number of benzene rings is 1. The van der Waals surface area contributed by atoms with Crippen LogP contribution < -0.4 is 10.1 Å². The molecule has 4 rings (SSSR count). The maximum absolute atomic E-state index is 12.3. The number of hydrogen-bond donors (Lipinski definition) is 1. The maximum atomic E-state index is 12.3. The summed E-state index contributed by atoms with van der Waals surface area (Å²) >= 11 is 0. The summed E-state index contributed by atoms with van der Waals surface area (Å²) in [5, 5.41) is 6.86. The normalized spacial score (nSPS) is 14.5. The number of likely N-dealkylation sites (tertiary alicyclic amines) is 1. The zero-order chi connectivity index (χ0) is 19.3. The number of ether oxygens (including phenoxy) is 1. The number of carbonyl (C=O) groups is 1. The number of nitrogens with one attached hydrogen (secondary N) is 1. The summed E-state index contributed by atoms with van der Waals surface area (Å²) in [4.78, 5) is 26.9. The fourth-order valence-electron chi connectivity index (χ4n) is 3.02. The molecule has 3 heterocycles. The molecule has 2 aromatic heterocycles. The molecule has 1 amide bonds. The molecule has 9 heteroatoms. The lowest BCUT2D eigenvalue weighted by Gasteiger charge is -2.36. The number of carbonyl (C=O) groups excluding carboxylic acids is 1. The molecule has 3 aromatic rings. The van der Waals surface area contributed by atoms with Crippen molar-refractivity contribution in [3.8, 4) is 17.3 Å². The van der Waals surface area contributed by atoms with Crippen molar-refractivity contribution in [3.63, 3.8) is 0 Å².